The molecule has 18 heavy (non-hydrogen) atoms. The second kappa shape index (κ2) is 7.38. The summed E-state index contributed by atoms with van der Waals surface area (Å²) in [5, 5.41) is 9.63. The molecule has 0 saturated heterocycles. The molecular weight excluding hydrogens is 242 g/mol. The summed E-state index contributed by atoms with van der Waals surface area (Å²) in [5.74, 6) is 1.56. The number of nitriles is 1. The van der Waals surface area contributed by atoms with Crippen LogP contribution < -0.4 is 0 Å². The van der Waals surface area contributed by atoms with Crippen molar-refractivity contribution in [3.63, 3.8) is 0 Å². The van der Waals surface area contributed by atoms with E-state index in [9.17, 15) is 0 Å². The molecule has 0 N–H and O–H groups in total. The van der Waals surface area contributed by atoms with Crippen LogP contribution in [0.15, 0.2) is 11.2 Å². The van der Waals surface area contributed by atoms with Crippen LogP contribution in [0.25, 0.3) is 0 Å². The van der Waals surface area contributed by atoms with E-state index in [1.54, 1.807) is 0 Å². The zero-order chi connectivity index (χ0) is 13.5. The predicted molar refractivity (Wildman–Crippen MR) is 75.5 cm³/mol. The van der Waals surface area contributed by atoms with Gasteiger partial charge in [0.15, 0.2) is 0 Å². The molecule has 98 valence electrons. The molecular formula is C14H21N3S. The van der Waals surface area contributed by atoms with Crippen molar-refractivity contribution < 1.29 is 0 Å². The van der Waals surface area contributed by atoms with Gasteiger partial charge in [-0.2, -0.15) is 5.26 Å². The Bertz CT molecular complexity index is 422. The second-order valence-corrected chi connectivity index (χ2v) is 6.22. The highest BCUT2D eigenvalue weighted by atomic mass is 32.2. The minimum absolute atomic E-state index is 0.435. The summed E-state index contributed by atoms with van der Waals surface area (Å²) in [6, 6.07) is 2.15. The highest BCUT2D eigenvalue weighted by Gasteiger charge is 2.11. The SMILES string of the molecule is CC(C)Cc1cnc(CC(C)C)c(SCC#N)n1. The third-order valence-corrected chi connectivity index (χ3v) is 3.23. The lowest BCUT2D eigenvalue weighted by atomic mass is 10.1. The summed E-state index contributed by atoms with van der Waals surface area (Å²) in [6.45, 7) is 8.68. The smallest absolute Gasteiger partial charge is 0.119 e. The van der Waals surface area contributed by atoms with E-state index in [0.29, 0.717) is 17.6 Å². The molecule has 3 nitrogen and oxygen atoms in total. The molecule has 0 spiro atoms. The summed E-state index contributed by atoms with van der Waals surface area (Å²) in [5.41, 5.74) is 2.05. The fraction of sp³-hybridized carbons (Fsp3) is 0.643. The molecule has 0 bridgehead atoms. The van der Waals surface area contributed by atoms with Crippen LogP contribution in [0.4, 0.5) is 0 Å². The van der Waals surface area contributed by atoms with E-state index in [1.165, 1.54) is 11.8 Å². The van der Waals surface area contributed by atoms with Crippen molar-refractivity contribution in [2.24, 2.45) is 11.8 Å². The van der Waals surface area contributed by atoms with Crippen LogP contribution in [0.3, 0.4) is 0 Å². The quantitative estimate of drug-likeness (QED) is 0.737. The van der Waals surface area contributed by atoms with Crippen LogP contribution in [0, 0.1) is 23.2 Å². The van der Waals surface area contributed by atoms with E-state index in [2.05, 4.69) is 43.7 Å². The first-order chi connectivity index (χ1) is 8.52. The van der Waals surface area contributed by atoms with Crippen molar-refractivity contribution in [1.82, 2.24) is 9.97 Å². The van der Waals surface area contributed by atoms with E-state index in [0.717, 1.165) is 29.3 Å². The third-order valence-electron chi connectivity index (χ3n) is 2.35. The summed E-state index contributed by atoms with van der Waals surface area (Å²) in [4.78, 5) is 9.18. The standard InChI is InChI=1S/C14H21N3S/c1-10(2)7-12-9-16-13(8-11(3)4)14(17-12)18-6-5-15/h9-11H,6-8H2,1-4H3. The molecule has 1 rings (SSSR count). The van der Waals surface area contributed by atoms with Gasteiger partial charge in [-0.15, -0.1) is 0 Å². The molecule has 1 heterocycles. The highest BCUT2D eigenvalue weighted by Crippen LogP contribution is 2.22. The fourth-order valence-corrected chi connectivity index (χ4v) is 2.38. The van der Waals surface area contributed by atoms with Crippen molar-refractivity contribution in [3.8, 4) is 6.07 Å². The van der Waals surface area contributed by atoms with E-state index in [4.69, 9.17) is 5.26 Å². The third kappa shape index (κ3) is 5.05. The van der Waals surface area contributed by atoms with E-state index in [-0.39, 0.29) is 0 Å². The zero-order valence-electron chi connectivity index (χ0n) is 11.6. The van der Waals surface area contributed by atoms with Gasteiger partial charge in [0, 0.05) is 6.20 Å². The molecule has 0 fully saturated rings. The van der Waals surface area contributed by atoms with Crippen molar-refractivity contribution >= 4 is 11.8 Å². The Balaban J connectivity index is 2.92. The maximum atomic E-state index is 8.70. The van der Waals surface area contributed by atoms with Gasteiger partial charge < -0.3 is 0 Å². The van der Waals surface area contributed by atoms with Crippen molar-refractivity contribution in [2.45, 2.75) is 45.6 Å². The molecule has 0 aliphatic heterocycles. The van der Waals surface area contributed by atoms with E-state index in [1.807, 2.05) is 6.20 Å². The molecule has 0 radical (unpaired) electrons. The Labute approximate surface area is 114 Å². The van der Waals surface area contributed by atoms with Gasteiger partial charge in [-0.3, -0.25) is 4.98 Å². The molecule has 0 aliphatic carbocycles. The van der Waals surface area contributed by atoms with Crippen molar-refractivity contribution in [2.75, 3.05) is 5.75 Å². The Kier molecular flexibility index (Phi) is 6.14. The van der Waals surface area contributed by atoms with Gasteiger partial charge in [0.2, 0.25) is 0 Å². The van der Waals surface area contributed by atoms with Gasteiger partial charge in [0.1, 0.15) is 5.03 Å². The lowest BCUT2D eigenvalue weighted by Gasteiger charge is -2.11. The molecule has 0 aliphatic rings. The molecule has 1 aromatic heterocycles. The molecule has 1 aromatic rings. The van der Waals surface area contributed by atoms with Gasteiger partial charge in [-0.25, -0.2) is 4.98 Å². The Hall–Kier alpha value is -1.08. The van der Waals surface area contributed by atoms with Crippen LogP contribution in [0.2, 0.25) is 0 Å². The average molecular weight is 263 g/mol. The van der Waals surface area contributed by atoms with Crippen LogP contribution in [-0.4, -0.2) is 15.7 Å². The second-order valence-electron chi connectivity index (χ2n) is 5.26. The monoisotopic (exact) mass is 263 g/mol. The van der Waals surface area contributed by atoms with Gasteiger partial charge in [-0.05, 0) is 24.7 Å². The largest absolute Gasteiger partial charge is 0.257 e. The number of nitrogens with zero attached hydrogens (tertiary/aromatic N) is 3. The lowest BCUT2D eigenvalue weighted by Crippen LogP contribution is -2.06. The van der Waals surface area contributed by atoms with Crippen LogP contribution in [0.5, 0.6) is 0 Å². The summed E-state index contributed by atoms with van der Waals surface area (Å²) in [7, 11) is 0. The zero-order valence-corrected chi connectivity index (χ0v) is 12.4. The van der Waals surface area contributed by atoms with Gasteiger partial charge in [-0.1, -0.05) is 39.5 Å². The summed E-state index contributed by atoms with van der Waals surface area (Å²) < 4.78 is 0. The van der Waals surface area contributed by atoms with Gasteiger partial charge >= 0.3 is 0 Å². The molecule has 0 atom stereocenters. The molecule has 0 amide bonds. The van der Waals surface area contributed by atoms with Crippen molar-refractivity contribution in [3.05, 3.63) is 17.6 Å². The fourth-order valence-electron chi connectivity index (χ4n) is 1.69. The number of hydrogen-bond acceptors (Lipinski definition) is 4. The Morgan fingerprint density at radius 1 is 1.22 bits per heavy atom. The Morgan fingerprint density at radius 3 is 2.44 bits per heavy atom. The van der Waals surface area contributed by atoms with Gasteiger partial charge in [0.05, 0.1) is 23.2 Å². The number of hydrogen-bond donors (Lipinski definition) is 0. The number of aromatic nitrogens is 2. The lowest BCUT2D eigenvalue weighted by molar-refractivity contribution is 0.602. The Morgan fingerprint density at radius 2 is 1.89 bits per heavy atom. The summed E-state index contributed by atoms with van der Waals surface area (Å²) in [6.07, 6.45) is 3.74. The van der Waals surface area contributed by atoms with Crippen molar-refractivity contribution in [1.29, 1.82) is 5.26 Å². The minimum atomic E-state index is 0.435. The topological polar surface area (TPSA) is 49.6 Å². The predicted octanol–water partition coefficient (Wildman–Crippen LogP) is 3.49. The molecule has 0 unspecified atom stereocenters. The van der Waals surface area contributed by atoms with Gasteiger partial charge in [0.25, 0.3) is 0 Å². The van der Waals surface area contributed by atoms with Crippen LogP contribution in [-0.2, 0) is 12.8 Å². The van der Waals surface area contributed by atoms with E-state index >= 15 is 0 Å². The van der Waals surface area contributed by atoms with Crippen LogP contribution >= 0.6 is 11.8 Å². The van der Waals surface area contributed by atoms with E-state index < -0.39 is 0 Å². The first-order valence-corrected chi connectivity index (χ1v) is 7.36. The normalized spacial score (nSPS) is 10.9. The number of thioether (sulfide) groups is 1. The number of rotatable bonds is 6. The molecule has 0 aromatic carbocycles. The maximum Gasteiger partial charge on any atom is 0.119 e. The average Bonchev–Trinajstić information content (AvgIpc) is 2.27. The van der Waals surface area contributed by atoms with Crippen LogP contribution in [0.1, 0.15) is 39.1 Å². The molecule has 4 heteroatoms. The first-order valence-electron chi connectivity index (χ1n) is 6.37. The molecule has 0 saturated carbocycles. The maximum absolute atomic E-state index is 8.70. The first kappa shape index (κ1) is 15.0. The summed E-state index contributed by atoms with van der Waals surface area (Å²) >= 11 is 1.50. The minimum Gasteiger partial charge on any atom is -0.257 e. The highest BCUT2D eigenvalue weighted by molar-refractivity contribution is 7.99.